The van der Waals surface area contributed by atoms with Gasteiger partial charge in [-0.2, -0.15) is 0 Å². The third-order valence-electron chi connectivity index (χ3n) is 2.74. The predicted octanol–water partition coefficient (Wildman–Crippen LogP) is 1.90. The highest BCUT2D eigenvalue weighted by molar-refractivity contribution is 4.77. The molecular formula is C13H28N2O. The van der Waals surface area contributed by atoms with Crippen molar-refractivity contribution in [1.29, 1.82) is 0 Å². The summed E-state index contributed by atoms with van der Waals surface area (Å²) in [6, 6.07) is 0.581. The van der Waals surface area contributed by atoms with E-state index in [1.807, 2.05) is 6.08 Å². The van der Waals surface area contributed by atoms with E-state index in [4.69, 9.17) is 4.74 Å². The van der Waals surface area contributed by atoms with Gasteiger partial charge in [-0.1, -0.05) is 13.0 Å². The molecule has 0 aliphatic carbocycles. The second-order valence-corrected chi connectivity index (χ2v) is 4.16. The summed E-state index contributed by atoms with van der Waals surface area (Å²) in [4.78, 5) is 2.41. The number of nitrogens with zero attached hydrogens (tertiary/aromatic N) is 1. The van der Waals surface area contributed by atoms with Crippen molar-refractivity contribution in [3.8, 4) is 0 Å². The number of methoxy groups -OCH3 is 1. The highest BCUT2D eigenvalue weighted by Crippen LogP contribution is 2.03. The van der Waals surface area contributed by atoms with Crippen molar-refractivity contribution >= 4 is 0 Å². The molecule has 0 amide bonds. The van der Waals surface area contributed by atoms with Gasteiger partial charge in [0.25, 0.3) is 0 Å². The maximum atomic E-state index is 5.12. The largest absolute Gasteiger partial charge is 0.383 e. The molecule has 0 aliphatic rings. The number of hydrogen-bond acceptors (Lipinski definition) is 3. The van der Waals surface area contributed by atoms with E-state index in [0.717, 1.165) is 32.8 Å². The molecule has 0 saturated heterocycles. The lowest BCUT2D eigenvalue weighted by atomic mass is 10.2. The summed E-state index contributed by atoms with van der Waals surface area (Å²) in [6.07, 6.45) is 4.34. The molecule has 1 atom stereocenters. The summed E-state index contributed by atoms with van der Waals surface area (Å²) in [5.41, 5.74) is 0. The van der Waals surface area contributed by atoms with Crippen LogP contribution < -0.4 is 5.32 Å². The van der Waals surface area contributed by atoms with E-state index in [9.17, 15) is 0 Å². The Balaban J connectivity index is 3.76. The van der Waals surface area contributed by atoms with Gasteiger partial charge in [-0.15, -0.1) is 6.58 Å². The fourth-order valence-corrected chi connectivity index (χ4v) is 1.66. The zero-order valence-electron chi connectivity index (χ0n) is 11.2. The van der Waals surface area contributed by atoms with Crippen LogP contribution in [0.5, 0.6) is 0 Å². The first kappa shape index (κ1) is 15.6. The second-order valence-electron chi connectivity index (χ2n) is 4.16. The van der Waals surface area contributed by atoms with E-state index in [-0.39, 0.29) is 0 Å². The zero-order valence-corrected chi connectivity index (χ0v) is 11.2. The van der Waals surface area contributed by atoms with Crippen LogP contribution in [0.4, 0.5) is 0 Å². The standard InChI is InChI=1S/C13H28N2O/c1-5-8-14-9-7-13(3)15(10-6-2)11-12-16-4/h6,13-14H,2,5,7-12H2,1,3-4H3. The zero-order chi connectivity index (χ0) is 12.2. The Kier molecular flexibility index (Phi) is 10.9. The van der Waals surface area contributed by atoms with Crippen molar-refractivity contribution in [2.45, 2.75) is 32.7 Å². The maximum Gasteiger partial charge on any atom is 0.0589 e. The van der Waals surface area contributed by atoms with Crippen LogP contribution in [0.2, 0.25) is 0 Å². The number of ether oxygens (including phenoxy) is 1. The molecule has 1 unspecified atom stereocenters. The first-order chi connectivity index (χ1) is 7.76. The summed E-state index contributed by atoms with van der Waals surface area (Å²) in [5.74, 6) is 0. The summed E-state index contributed by atoms with van der Waals surface area (Å²) in [7, 11) is 1.75. The normalized spacial score (nSPS) is 13.0. The van der Waals surface area contributed by atoms with E-state index in [0.29, 0.717) is 6.04 Å². The van der Waals surface area contributed by atoms with Crippen molar-refractivity contribution in [1.82, 2.24) is 10.2 Å². The highest BCUT2D eigenvalue weighted by Gasteiger charge is 2.11. The molecule has 16 heavy (non-hydrogen) atoms. The molecule has 1 N–H and O–H groups in total. The highest BCUT2D eigenvalue weighted by atomic mass is 16.5. The minimum Gasteiger partial charge on any atom is -0.383 e. The minimum atomic E-state index is 0.581. The lowest BCUT2D eigenvalue weighted by Gasteiger charge is -2.27. The van der Waals surface area contributed by atoms with Gasteiger partial charge in [0.2, 0.25) is 0 Å². The Morgan fingerprint density at radius 3 is 2.75 bits per heavy atom. The first-order valence-electron chi connectivity index (χ1n) is 6.30. The molecule has 0 aromatic carbocycles. The maximum absolute atomic E-state index is 5.12. The average molecular weight is 228 g/mol. The molecule has 0 fully saturated rings. The lowest BCUT2D eigenvalue weighted by Crippen LogP contribution is -2.37. The molecule has 0 rings (SSSR count). The van der Waals surface area contributed by atoms with Gasteiger partial charge in [0.15, 0.2) is 0 Å². The van der Waals surface area contributed by atoms with Gasteiger partial charge in [-0.3, -0.25) is 4.90 Å². The third kappa shape index (κ3) is 7.85. The van der Waals surface area contributed by atoms with Crippen molar-refractivity contribution in [3.63, 3.8) is 0 Å². The van der Waals surface area contributed by atoms with E-state index in [2.05, 4.69) is 30.6 Å². The molecule has 3 nitrogen and oxygen atoms in total. The molecule has 3 heteroatoms. The third-order valence-corrected chi connectivity index (χ3v) is 2.74. The Hall–Kier alpha value is -0.380. The van der Waals surface area contributed by atoms with Crippen molar-refractivity contribution < 1.29 is 4.74 Å². The smallest absolute Gasteiger partial charge is 0.0589 e. The van der Waals surface area contributed by atoms with Gasteiger partial charge >= 0.3 is 0 Å². The summed E-state index contributed by atoms with van der Waals surface area (Å²) in [6.45, 7) is 13.2. The van der Waals surface area contributed by atoms with Gasteiger partial charge in [-0.05, 0) is 32.9 Å². The Bertz CT molecular complexity index is 162. The molecule has 0 heterocycles. The number of nitrogens with one attached hydrogen (secondary N) is 1. The van der Waals surface area contributed by atoms with Crippen LogP contribution in [0.15, 0.2) is 12.7 Å². The first-order valence-corrected chi connectivity index (χ1v) is 6.30. The SMILES string of the molecule is C=CCN(CCOC)C(C)CCNCCC. The van der Waals surface area contributed by atoms with Crippen LogP contribution in [-0.4, -0.2) is 50.8 Å². The Morgan fingerprint density at radius 1 is 1.44 bits per heavy atom. The quantitative estimate of drug-likeness (QED) is 0.432. The van der Waals surface area contributed by atoms with Crippen LogP contribution in [-0.2, 0) is 4.74 Å². The molecule has 0 aromatic rings. The monoisotopic (exact) mass is 228 g/mol. The fraction of sp³-hybridized carbons (Fsp3) is 0.846. The molecule has 0 saturated carbocycles. The van der Waals surface area contributed by atoms with E-state index < -0.39 is 0 Å². The van der Waals surface area contributed by atoms with Gasteiger partial charge in [0.05, 0.1) is 6.61 Å². The van der Waals surface area contributed by atoms with Crippen molar-refractivity contribution in [3.05, 3.63) is 12.7 Å². The van der Waals surface area contributed by atoms with Crippen molar-refractivity contribution in [2.24, 2.45) is 0 Å². The Morgan fingerprint density at radius 2 is 2.19 bits per heavy atom. The van der Waals surface area contributed by atoms with Gasteiger partial charge in [0.1, 0.15) is 0 Å². The minimum absolute atomic E-state index is 0.581. The van der Waals surface area contributed by atoms with Crippen LogP contribution in [0, 0.1) is 0 Å². The van der Waals surface area contributed by atoms with Gasteiger partial charge < -0.3 is 10.1 Å². The molecule has 0 aromatic heterocycles. The average Bonchev–Trinajstić information content (AvgIpc) is 2.29. The summed E-state index contributed by atoms with van der Waals surface area (Å²) in [5, 5.41) is 3.44. The molecular weight excluding hydrogens is 200 g/mol. The molecule has 0 aliphatic heterocycles. The van der Waals surface area contributed by atoms with E-state index >= 15 is 0 Å². The van der Waals surface area contributed by atoms with Crippen LogP contribution in [0.3, 0.4) is 0 Å². The van der Waals surface area contributed by atoms with Crippen LogP contribution >= 0.6 is 0 Å². The van der Waals surface area contributed by atoms with Gasteiger partial charge in [-0.25, -0.2) is 0 Å². The topological polar surface area (TPSA) is 24.5 Å². The lowest BCUT2D eigenvalue weighted by molar-refractivity contribution is 0.130. The molecule has 0 radical (unpaired) electrons. The summed E-state index contributed by atoms with van der Waals surface area (Å²) < 4.78 is 5.12. The van der Waals surface area contributed by atoms with Crippen molar-refractivity contribution in [2.75, 3.05) is 39.9 Å². The van der Waals surface area contributed by atoms with Crippen LogP contribution in [0.25, 0.3) is 0 Å². The predicted molar refractivity (Wildman–Crippen MR) is 70.9 cm³/mol. The Labute approximate surface area is 101 Å². The number of rotatable bonds is 11. The van der Waals surface area contributed by atoms with E-state index in [1.165, 1.54) is 12.8 Å². The van der Waals surface area contributed by atoms with Gasteiger partial charge in [0, 0.05) is 26.2 Å². The van der Waals surface area contributed by atoms with Crippen LogP contribution in [0.1, 0.15) is 26.7 Å². The molecule has 0 bridgehead atoms. The number of hydrogen-bond donors (Lipinski definition) is 1. The molecule has 0 spiro atoms. The summed E-state index contributed by atoms with van der Waals surface area (Å²) >= 11 is 0. The fourth-order valence-electron chi connectivity index (χ4n) is 1.66. The second kappa shape index (κ2) is 11.1. The molecule has 96 valence electrons. The van der Waals surface area contributed by atoms with E-state index in [1.54, 1.807) is 7.11 Å².